The lowest BCUT2D eigenvalue weighted by molar-refractivity contribution is -0.141. The van der Waals surface area contributed by atoms with E-state index in [0.717, 1.165) is 22.6 Å². The first-order chi connectivity index (χ1) is 12.9. The molecule has 0 aliphatic heterocycles. The number of ether oxygens (including phenoxy) is 1. The number of carbonyl (C=O) groups excluding carboxylic acids is 1. The SMILES string of the molecule is CCOC(=O)c1nn(-c2nccc(C(F)(F)F)n2)c2c1CCc1[nH]ncc1-2. The molecule has 11 heteroatoms. The number of hydrogen-bond acceptors (Lipinski definition) is 6. The number of aromatic amines is 1. The third-order valence-electron chi connectivity index (χ3n) is 4.17. The van der Waals surface area contributed by atoms with Gasteiger partial charge < -0.3 is 4.74 Å². The van der Waals surface area contributed by atoms with Crippen LogP contribution in [0.3, 0.4) is 0 Å². The maximum atomic E-state index is 13.0. The molecule has 0 bridgehead atoms. The van der Waals surface area contributed by atoms with Crippen LogP contribution in [0.5, 0.6) is 0 Å². The Morgan fingerprint density at radius 1 is 1.37 bits per heavy atom. The third-order valence-corrected chi connectivity index (χ3v) is 4.17. The first-order valence-corrected chi connectivity index (χ1v) is 8.12. The van der Waals surface area contributed by atoms with Crippen molar-refractivity contribution in [3.8, 4) is 17.2 Å². The van der Waals surface area contributed by atoms with E-state index in [4.69, 9.17) is 4.74 Å². The number of aromatic nitrogens is 6. The Hall–Kier alpha value is -3.24. The lowest BCUT2D eigenvalue weighted by Crippen LogP contribution is -2.13. The standard InChI is InChI=1S/C16H13F3N6O2/c1-2-27-14(26)12-8-3-4-10-9(7-21-23-10)13(8)25(24-12)15-20-6-5-11(22-15)16(17,18)19/h5-7H,2-4H2,1H3,(H,21,23). The summed E-state index contributed by atoms with van der Waals surface area (Å²) in [6, 6.07) is 0.773. The summed E-state index contributed by atoms with van der Waals surface area (Å²) >= 11 is 0. The summed E-state index contributed by atoms with van der Waals surface area (Å²) in [5, 5.41) is 11.0. The zero-order valence-corrected chi connectivity index (χ0v) is 14.0. The summed E-state index contributed by atoms with van der Waals surface area (Å²) in [6.07, 6.45) is -1.05. The molecule has 0 spiro atoms. The summed E-state index contributed by atoms with van der Waals surface area (Å²) in [6.45, 7) is 1.81. The number of hydrogen-bond donors (Lipinski definition) is 1. The number of nitrogens with one attached hydrogen (secondary N) is 1. The molecule has 0 radical (unpaired) electrons. The largest absolute Gasteiger partial charge is 0.461 e. The van der Waals surface area contributed by atoms with Gasteiger partial charge in [0.05, 0.1) is 18.5 Å². The van der Waals surface area contributed by atoms with E-state index in [0.29, 0.717) is 29.7 Å². The summed E-state index contributed by atoms with van der Waals surface area (Å²) in [5.74, 6) is -0.933. The van der Waals surface area contributed by atoms with E-state index >= 15 is 0 Å². The van der Waals surface area contributed by atoms with Crippen LogP contribution in [0, 0.1) is 0 Å². The highest BCUT2D eigenvalue weighted by atomic mass is 19.4. The minimum Gasteiger partial charge on any atom is -0.461 e. The molecule has 0 unspecified atom stereocenters. The van der Waals surface area contributed by atoms with Crippen LogP contribution in [0.25, 0.3) is 17.2 Å². The fraction of sp³-hybridized carbons (Fsp3) is 0.312. The predicted octanol–water partition coefficient (Wildman–Crippen LogP) is 2.35. The van der Waals surface area contributed by atoms with Gasteiger partial charge in [0.1, 0.15) is 5.69 Å². The van der Waals surface area contributed by atoms with Gasteiger partial charge in [-0.2, -0.15) is 28.1 Å². The molecule has 1 N–H and O–H groups in total. The lowest BCUT2D eigenvalue weighted by Gasteiger charge is -2.14. The molecule has 3 aromatic rings. The Labute approximate surface area is 150 Å². The molecule has 1 aliphatic rings. The van der Waals surface area contributed by atoms with E-state index in [1.165, 1.54) is 6.20 Å². The zero-order chi connectivity index (χ0) is 19.2. The quantitative estimate of drug-likeness (QED) is 0.703. The summed E-state index contributed by atoms with van der Waals surface area (Å²) in [7, 11) is 0. The second kappa shape index (κ2) is 6.18. The second-order valence-corrected chi connectivity index (χ2v) is 5.81. The first-order valence-electron chi connectivity index (χ1n) is 8.12. The van der Waals surface area contributed by atoms with Crippen LogP contribution < -0.4 is 0 Å². The van der Waals surface area contributed by atoms with Gasteiger partial charge in [-0.1, -0.05) is 0 Å². The molecule has 0 saturated heterocycles. The molecule has 0 saturated carbocycles. The maximum absolute atomic E-state index is 13.0. The molecule has 140 valence electrons. The molecular weight excluding hydrogens is 365 g/mol. The average Bonchev–Trinajstić information content (AvgIpc) is 3.25. The van der Waals surface area contributed by atoms with Gasteiger partial charge in [0.15, 0.2) is 5.69 Å². The number of H-pyrrole nitrogens is 1. The fourth-order valence-electron chi connectivity index (χ4n) is 3.04. The monoisotopic (exact) mass is 378 g/mol. The molecule has 0 atom stereocenters. The molecule has 4 rings (SSSR count). The van der Waals surface area contributed by atoms with E-state index in [9.17, 15) is 18.0 Å². The number of carbonyl (C=O) groups is 1. The van der Waals surface area contributed by atoms with Crippen molar-refractivity contribution in [3.63, 3.8) is 0 Å². The minimum atomic E-state index is -4.63. The highest BCUT2D eigenvalue weighted by molar-refractivity contribution is 5.92. The average molecular weight is 378 g/mol. The van der Waals surface area contributed by atoms with E-state index in [2.05, 4.69) is 25.3 Å². The minimum absolute atomic E-state index is 0.0414. The number of alkyl halides is 3. The molecule has 0 fully saturated rings. The van der Waals surface area contributed by atoms with Gasteiger partial charge >= 0.3 is 12.1 Å². The first kappa shape index (κ1) is 17.2. The molecule has 3 aromatic heterocycles. The lowest BCUT2D eigenvalue weighted by atomic mass is 9.94. The van der Waals surface area contributed by atoms with Gasteiger partial charge in [-0.05, 0) is 25.8 Å². The van der Waals surface area contributed by atoms with Crippen molar-refractivity contribution < 1.29 is 22.7 Å². The summed E-state index contributed by atoms with van der Waals surface area (Å²) in [4.78, 5) is 19.8. The van der Waals surface area contributed by atoms with Gasteiger partial charge in [0, 0.05) is 23.0 Å². The van der Waals surface area contributed by atoms with Crippen molar-refractivity contribution >= 4 is 5.97 Å². The van der Waals surface area contributed by atoms with Crippen molar-refractivity contribution in [2.75, 3.05) is 6.61 Å². The van der Waals surface area contributed by atoms with Crippen LogP contribution in [-0.4, -0.2) is 42.5 Å². The van der Waals surface area contributed by atoms with Crippen molar-refractivity contribution in [3.05, 3.63) is 41.1 Å². The Bertz CT molecular complexity index is 1020. The Morgan fingerprint density at radius 2 is 2.19 bits per heavy atom. The van der Waals surface area contributed by atoms with Gasteiger partial charge in [0.25, 0.3) is 5.95 Å². The smallest absolute Gasteiger partial charge is 0.433 e. The van der Waals surface area contributed by atoms with Crippen LogP contribution in [0.4, 0.5) is 13.2 Å². The van der Waals surface area contributed by atoms with Gasteiger partial charge in [0.2, 0.25) is 0 Å². The highest BCUT2D eigenvalue weighted by Gasteiger charge is 2.35. The van der Waals surface area contributed by atoms with Gasteiger partial charge in [-0.3, -0.25) is 5.10 Å². The van der Waals surface area contributed by atoms with Crippen LogP contribution in [0.1, 0.15) is 34.4 Å². The van der Waals surface area contributed by atoms with E-state index < -0.39 is 17.8 Å². The topological polar surface area (TPSA) is 98.6 Å². The Kier molecular flexibility index (Phi) is 3.93. The van der Waals surface area contributed by atoms with Crippen molar-refractivity contribution in [2.45, 2.75) is 25.9 Å². The van der Waals surface area contributed by atoms with Crippen molar-refractivity contribution in [1.29, 1.82) is 0 Å². The number of fused-ring (bicyclic) bond motifs is 3. The van der Waals surface area contributed by atoms with E-state index in [1.54, 1.807) is 6.92 Å². The maximum Gasteiger partial charge on any atom is 0.433 e. The number of halogens is 3. The van der Waals surface area contributed by atoms with Gasteiger partial charge in [-0.25, -0.2) is 14.8 Å². The second-order valence-electron chi connectivity index (χ2n) is 5.81. The van der Waals surface area contributed by atoms with Crippen LogP contribution in [0.2, 0.25) is 0 Å². The van der Waals surface area contributed by atoms with E-state index in [1.807, 2.05) is 0 Å². The molecule has 27 heavy (non-hydrogen) atoms. The predicted molar refractivity (Wildman–Crippen MR) is 85.1 cm³/mol. The molecule has 3 heterocycles. The summed E-state index contributed by atoms with van der Waals surface area (Å²) < 4.78 is 45.3. The van der Waals surface area contributed by atoms with Crippen molar-refractivity contribution in [2.24, 2.45) is 0 Å². The zero-order valence-electron chi connectivity index (χ0n) is 14.0. The molecular formula is C16H13F3N6O2. The van der Waals surface area contributed by atoms with Crippen molar-refractivity contribution in [1.82, 2.24) is 29.9 Å². The number of aryl methyl sites for hydroxylation is 1. The Morgan fingerprint density at radius 3 is 2.93 bits per heavy atom. The normalized spacial score (nSPS) is 13.2. The molecule has 0 amide bonds. The summed E-state index contributed by atoms with van der Waals surface area (Å²) in [5.41, 5.74) is 1.39. The number of nitrogens with zero attached hydrogens (tertiary/aromatic N) is 5. The van der Waals surface area contributed by atoms with Crippen LogP contribution in [-0.2, 0) is 23.8 Å². The van der Waals surface area contributed by atoms with Gasteiger partial charge in [-0.15, -0.1) is 0 Å². The number of esters is 1. The number of rotatable bonds is 3. The molecule has 0 aromatic carbocycles. The molecule has 8 nitrogen and oxygen atoms in total. The van der Waals surface area contributed by atoms with E-state index in [-0.39, 0.29) is 18.2 Å². The van der Waals surface area contributed by atoms with Crippen LogP contribution in [0.15, 0.2) is 18.5 Å². The Balaban J connectivity index is 1.93. The fourth-order valence-corrected chi connectivity index (χ4v) is 3.04. The van der Waals surface area contributed by atoms with Crippen LogP contribution >= 0.6 is 0 Å². The molecule has 1 aliphatic carbocycles. The third kappa shape index (κ3) is 2.84. The highest BCUT2D eigenvalue weighted by Crippen LogP contribution is 2.36.